The number of furan rings is 1. The monoisotopic (exact) mass is 823 g/mol. The second-order valence-corrected chi connectivity index (χ2v) is 11.7. The van der Waals surface area contributed by atoms with Crippen LogP contribution in [0.3, 0.4) is 0 Å². The van der Waals surface area contributed by atoms with Gasteiger partial charge in [-0.15, -0.1) is 42.0 Å². The number of fused-ring (bicyclic) bond motifs is 2. The molecule has 3 aromatic heterocycles. The molecule has 0 amide bonds. The Morgan fingerprint density at radius 2 is 1.38 bits per heavy atom. The zero-order valence-electron chi connectivity index (χ0n) is 28.2. The van der Waals surface area contributed by atoms with Crippen LogP contribution in [0.25, 0.3) is 72.6 Å². The summed E-state index contributed by atoms with van der Waals surface area (Å²) in [5.74, 6) is 0.751. The van der Waals surface area contributed by atoms with Gasteiger partial charge in [0.15, 0.2) is 0 Å². The molecule has 0 spiro atoms. The van der Waals surface area contributed by atoms with Crippen molar-refractivity contribution in [1.29, 1.82) is 0 Å². The molecule has 5 heteroatoms. The third-order valence-electron chi connectivity index (χ3n) is 8.44. The number of para-hydroxylation sites is 3. The normalized spacial score (nSPS) is 11.0. The molecule has 0 N–H and O–H groups in total. The molecule has 0 aliphatic carbocycles. The largest absolute Gasteiger partial charge is 0.557 e. The second-order valence-electron chi connectivity index (χ2n) is 11.7. The van der Waals surface area contributed by atoms with Crippen molar-refractivity contribution in [1.82, 2.24) is 14.5 Å². The van der Waals surface area contributed by atoms with E-state index in [-0.39, 0.29) is 20.1 Å². The summed E-state index contributed by atoms with van der Waals surface area (Å²) in [5, 5.41) is 0.882. The predicted molar refractivity (Wildman–Crippen MR) is 199 cm³/mol. The molecule has 0 saturated carbocycles. The smallest absolute Gasteiger partial charge is 0.0774 e. The number of aromatic nitrogens is 3. The molecule has 0 aliphatic rings. The van der Waals surface area contributed by atoms with Crippen molar-refractivity contribution < 1.29 is 25.9 Å². The van der Waals surface area contributed by atoms with E-state index >= 15 is 0 Å². The van der Waals surface area contributed by atoms with Crippen LogP contribution in [0.1, 0.15) is 6.93 Å². The third kappa shape index (κ3) is 6.45. The van der Waals surface area contributed by atoms with Crippen molar-refractivity contribution in [2.75, 3.05) is 0 Å². The van der Waals surface area contributed by atoms with Crippen molar-refractivity contribution in [3.63, 3.8) is 0 Å². The van der Waals surface area contributed by atoms with E-state index in [1.807, 2.05) is 78.9 Å². The van der Waals surface area contributed by atoms with Crippen molar-refractivity contribution >= 4 is 22.0 Å². The van der Waals surface area contributed by atoms with Crippen LogP contribution in [0.15, 0.2) is 174 Å². The average molecular weight is 823 g/mol. The molecule has 3 heterocycles. The van der Waals surface area contributed by atoms with Gasteiger partial charge in [0, 0.05) is 49.3 Å². The van der Waals surface area contributed by atoms with E-state index in [1.54, 1.807) is 18.3 Å². The fraction of sp³-hybridized carbons (Fsp3) is 0.0222. The number of nitrogens with zero attached hydrogens (tertiary/aromatic N) is 3. The van der Waals surface area contributed by atoms with E-state index in [4.69, 9.17) is 10.8 Å². The summed E-state index contributed by atoms with van der Waals surface area (Å²) < 4.78 is 16.1. The molecule has 243 valence electrons. The van der Waals surface area contributed by atoms with Gasteiger partial charge in [0.25, 0.3) is 0 Å². The molecular weight excluding hydrogens is 791 g/mol. The SMILES string of the molecule is [2H]c1ccc2c(-c3nc4ccccc4n3-c3c(-c4ccccc4)cc(C)cc3-c3ccccc3)[c-]oc2c1.[Ir].[c-]1ccccc1-c1ccccn1. The Hall–Kier alpha value is -5.87. The van der Waals surface area contributed by atoms with Gasteiger partial charge in [0.2, 0.25) is 0 Å². The molecule has 50 heavy (non-hydrogen) atoms. The van der Waals surface area contributed by atoms with Gasteiger partial charge in [-0.2, -0.15) is 0 Å². The Balaban J connectivity index is 0.000000265. The predicted octanol–water partition coefficient (Wildman–Crippen LogP) is 11.4. The fourth-order valence-corrected chi connectivity index (χ4v) is 6.22. The molecule has 0 aliphatic heterocycles. The Bertz CT molecular complexity index is 2450. The number of hydrogen-bond donors (Lipinski definition) is 0. The number of imidazole rings is 1. The zero-order valence-corrected chi connectivity index (χ0v) is 29.6. The van der Waals surface area contributed by atoms with Crippen LogP contribution in [-0.2, 0) is 20.1 Å². The molecular formula is C45H31IrN3O-2. The van der Waals surface area contributed by atoms with Crippen LogP contribution in [0, 0.1) is 19.3 Å². The maximum Gasteiger partial charge on any atom is 0.0774 e. The summed E-state index contributed by atoms with van der Waals surface area (Å²) in [6.45, 7) is 2.14. The van der Waals surface area contributed by atoms with E-state index in [0.717, 1.165) is 67.0 Å². The fourth-order valence-electron chi connectivity index (χ4n) is 6.22. The maximum atomic E-state index is 8.03. The average Bonchev–Trinajstić information content (AvgIpc) is 3.77. The van der Waals surface area contributed by atoms with E-state index < -0.39 is 0 Å². The number of rotatable bonds is 5. The second kappa shape index (κ2) is 14.7. The van der Waals surface area contributed by atoms with E-state index in [9.17, 15) is 0 Å². The summed E-state index contributed by atoms with van der Waals surface area (Å²) in [4.78, 5) is 9.34. The van der Waals surface area contributed by atoms with Gasteiger partial charge in [-0.05, 0) is 59.6 Å². The Morgan fingerprint density at radius 3 is 2.06 bits per heavy atom. The topological polar surface area (TPSA) is 43.9 Å². The Morgan fingerprint density at radius 1 is 0.700 bits per heavy atom. The number of benzene rings is 6. The van der Waals surface area contributed by atoms with E-state index in [2.05, 4.69) is 95.5 Å². The minimum absolute atomic E-state index is 0. The van der Waals surface area contributed by atoms with Gasteiger partial charge >= 0.3 is 0 Å². The van der Waals surface area contributed by atoms with Crippen molar-refractivity contribution in [2.24, 2.45) is 0 Å². The first-order valence-electron chi connectivity index (χ1n) is 16.7. The summed E-state index contributed by atoms with van der Waals surface area (Å²) >= 11 is 0. The minimum Gasteiger partial charge on any atom is -0.557 e. The van der Waals surface area contributed by atoms with Crippen molar-refractivity contribution in [3.8, 4) is 50.6 Å². The van der Waals surface area contributed by atoms with Gasteiger partial charge in [0.05, 0.1) is 23.9 Å². The van der Waals surface area contributed by atoms with Crippen molar-refractivity contribution in [2.45, 2.75) is 6.92 Å². The third-order valence-corrected chi connectivity index (χ3v) is 8.44. The van der Waals surface area contributed by atoms with Crippen molar-refractivity contribution in [3.05, 3.63) is 188 Å². The van der Waals surface area contributed by atoms with Gasteiger partial charge in [-0.25, -0.2) is 0 Å². The molecule has 9 rings (SSSR count). The van der Waals surface area contributed by atoms with Gasteiger partial charge < -0.3 is 14.0 Å². The molecule has 0 atom stereocenters. The molecule has 0 saturated heterocycles. The summed E-state index contributed by atoms with van der Waals surface area (Å²) in [6.07, 6.45) is 4.90. The Kier molecular flexibility index (Phi) is 9.24. The zero-order chi connectivity index (χ0) is 33.9. The first-order chi connectivity index (χ1) is 24.6. The van der Waals surface area contributed by atoms with E-state index in [0.29, 0.717) is 11.6 Å². The summed E-state index contributed by atoms with van der Waals surface area (Å²) in [7, 11) is 0. The standard InChI is InChI=1S/C34H23N2O.C11H8N.Ir/c1-23-20-27(24-12-4-2-5-13-24)33(28(21-23)25-14-6-3-7-15-25)36-31-18-10-9-17-30(31)35-34(36)29-22-37-32-19-11-8-16-26(29)32;1-2-6-10(7-3-1)11-8-4-5-9-12-11;/h2-21H,1H3;1-6,8-9H;/q2*-1;/i11D;;. The molecule has 0 unspecified atom stereocenters. The van der Waals surface area contributed by atoms with Crippen LogP contribution in [0.4, 0.5) is 0 Å². The maximum absolute atomic E-state index is 8.03. The molecule has 0 fully saturated rings. The van der Waals surface area contributed by atoms with Crippen LogP contribution < -0.4 is 0 Å². The van der Waals surface area contributed by atoms with Gasteiger partial charge in [-0.1, -0.05) is 114 Å². The van der Waals surface area contributed by atoms with Gasteiger partial charge in [0.1, 0.15) is 0 Å². The molecule has 4 nitrogen and oxygen atoms in total. The van der Waals surface area contributed by atoms with Crippen LogP contribution in [0.5, 0.6) is 0 Å². The summed E-state index contributed by atoms with van der Waals surface area (Å²) in [6, 6.07) is 56.3. The Labute approximate surface area is 306 Å². The number of pyridine rings is 1. The van der Waals surface area contributed by atoms with Crippen LogP contribution in [-0.4, -0.2) is 14.5 Å². The molecule has 6 aromatic carbocycles. The van der Waals surface area contributed by atoms with Crippen LogP contribution >= 0.6 is 0 Å². The molecule has 0 bridgehead atoms. The number of aryl methyl sites for hydroxylation is 1. The quantitative estimate of drug-likeness (QED) is 0.162. The summed E-state index contributed by atoms with van der Waals surface area (Å²) in [5.41, 5.74) is 12.0. The number of hydrogen-bond acceptors (Lipinski definition) is 3. The minimum atomic E-state index is 0. The molecule has 9 aromatic rings. The first-order valence-corrected chi connectivity index (χ1v) is 16.2. The van der Waals surface area contributed by atoms with E-state index in [1.165, 1.54) is 5.56 Å². The molecule has 1 radical (unpaired) electrons. The van der Waals surface area contributed by atoms with Crippen LogP contribution in [0.2, 0.25) is 0 Å². The first kappa shape index (κ1) is 31.4. The van der Waals surface area contributed by atoms with Gasteiger partial charge in [-0.3, -0.25) is 4.98 Å².